The average molecular weight is 347 g/mol. The number of anilines is 1. The van der Waals surface area contributed by atoms with Crippen molar-refractivity contribution in [3.05, 3.63) is 57.5 Å². The third kappa shape index (κ3) is 5.29. The van der Waals surface area contributed by atoms with Crippen LogP contribution in [0.3, 0.4) is 0 Å². The number of hydrogen-bond donors (Lipinski definition) is 2. The van der Waals surface area contributed by atoms with Crippen molar-refractivity contribution in [1.82, 2.24) is 0 Å². The van der Waals surface area contributed by atoms with Gasteiger partial charge in [0.05, 0.1) is 5.02 Å². The molecule has 0 bridgehead atoms. The molecule has 0 saturated carbocycles. The smallest absolute Gasteiger partial charge is 0.138 e. The second kappa shape index (κ2) is 7.76. The van der Waals surface area contributed by atoms with Crippen LogP contribution < -0.4 is 10.1 Å². The maximum Gasteiger partial charge on any atom is 0.138 e. The Balaban J connectivity index is 1.79. The number of aliphatic hydroxyl groups excluding tert-OH is 1. The number of halogens is 3. The van der Waals surface area contributed by atoms with Crippen LogP contribution >= 0.6 is 34.8 Å². The fourth-order valence-corrected chi connectivity index (χ4v) is 2.23. The Morgan fingerprint density at radius 1 is 1.00 bits per heavy atom. The Morgan fingerprint density at radius 2 is 1.67 bits per heavy atom. The molecule has 0 aliphatic carbocycles. The molecule has 2 aromatic carbocycles. The first-order valence-corrected chi connectivity index (χ1v) is 7.43. The molecule has 0 aliphatic heterocycles. The van der Waals surface area contributed by atoms with Gasteiger partial charge in [0.25, 0.3) is 0 Å². The minimum absolute atomic E-state index is 0.127. The van der Waals surface area contributed by atoms with E-state index in [0.29, 0.717) is 27.4 Å². The monoisotopic (exact) mass is 345 g/mol. The molecule has 0 unspecified atom stereocenters. The molecule has 112 valence electrons. The van der Waals surface area contributed by atoms with Gasteiger partial charge in [-0.15, -0.1) is 0 Å². The lowest BCUT2D eigenvalue weighted by atomic mass is 10.3. The molecule has 2 N–H and O–H groups in total. The number of benzene rings is 2. The topological polar surface area (TPSA) is 41.5 Å². The minimum atomic E-state index is -0.674. The lowest BCUT2D eigenvalue weighted by Gasteiger charge is -2.15. The van der Waals surface area contributed by atoms with Gasteiger partial charge in [-0.05, 0) is 42.5 Å². The molecule has 3 nitrogen and oxygen atoms in total. The summed E-state index contributed by atoms with van der Waals surface area (Å²) >= 11 is 17.6. The van der Waals surface area contributed by atoms with Crippen LogP contribution in [0.4, 0.5) is 5.69 Å². The molecule has 0 aromatic heterocycles. The van der Waals surface area contributed by atoms with Crippen molar-refractivity contribution in [2.24, 2.45) is 0 Å². The fraction of sp³-hybridized carbons (Fsp3) is 0.200. The van der Waals surface area contributed by atoms with Crippen LogP contribution in [-0.2, 0) is 0 Å². The minimum Gasteiger partial charge on any atom is -0.489 e. The SMILES string of the molecule is O[C@H](CNc1ccc(Cl)cc1)COc1ccc(Cl)cc1Cl. The fourth-order valence-electron chi connectivity index (χ4n) is 1.64. The van der Waals surface area contributed by atoms with Gasteiger partial charge in [0, 0.05) is 22.3 Å². The van der Waals surface area contributed by atoms with Crippen LogP contribution in [0.25, 0.3) is 0 Å². The van der Waals surface area contributed by atoms with Crippen LogP contribution in [0.15, 0.2) is 42.5 Å². The third-order valence-electron chi connectivity index (χ3n) is 2.71. The Hall–Kier alpha value is -1.13. The largest absolute Gasteiger partial charge is 0.489 e. The molecule has 1 atom stereocenters. The van der Waals surface area contributed by atoms with E-state index in [2.05, 4.69) is 5.32 Å². The van der Waals surface area contributed by atoms with E-state index in [1.165, 1.54) is 0 Å². The van der Waals surface area contributed by atoms with Gasteiger partial charge in [0.1, 0.15) is 18.5 Å². The normalized spacial score (nSPS) is 12.0. The molecule has 0 spiro atoms. The molecule has 0 heterocycles. The second-order valence-electron chi connectivity index (χ2n) is 4.43. The highest BCUT2D eigenvalue weighted by Crippen LogP contribution is 2.27. The molecular formula is C15H14Cl3NO2. The highest BCUT2D eigenvalue weighted by Gasteiger charge is 2.08. The molecule has 2 rings (SSSR count). The van der Waals surface area contributed by atoms with Crippen LogP contribution in [0.1, 0.15) is 0 Å². The van der Waals surface area contributed by atoms with Gasteiger partial charge in [-0.2, -0.15) is 0 Å². The van der Waals surface area contributed by atoms with Crippen molar-refractivity contribution in [1.29, 1.82) is 0 Å². The number of ether oxygens (including phenoxy) is 1. The highest BCUT2D eigenvalue weighted by atomic mass is 35.5. The lowest BCUT2D eigenvalue weighted by Crippen LogP contribution is -2.26. The van der Waals surface area contributed by atoms with Gasteiger partial charge >= 0.3 is 0 Å². The van der Waals surface area contributed by atoms with Gasteiger partial charge in [-0.25, -0.2) is 0 Å². The summed E-state index contributed by atoms with van der Waals surface area (Å²) in [6.07, 6.45) is -0.674. The van der Waals surface area contributed by atoms with Crippen molar-refractivity contribution in [2.45, 2.75) is 6.10 Å². The molecule has 6 heteroatoms. The predicted molar refractivity (Wildman–Crippen MR) is 87.9 cm³/mol. The summed E-state index contributed by atoms with van der Waals surface area (Å²) < 4.78 is 5.46. The third-order valence-corrected chi connectivity index (χ3v) is 3.49. The van der Waals surface area contributed by atoms with Crippen LogP contribution in [-0.4, -0.2) is 24.4 Å². The Kier molecular flexibility index (Phi) is 6.00. The van der Waals surface area contributed by atoms with Crippen molar-refractivity contribution >= 4 is 40.5 Å². The van der Waals surface area contributed by atoms with E-state index in [4.69, 9.17) is 39.5 Å². The second-order valence-corrected chi connectivity index (χ2v) is 5.71. The van der Waals surface area contributed by atoms with Gasteiger partial charge in [0.2, 0.25) is 0 Å². The van der Waals surface area contributed by atoms with E-state index in [1.807, 2.05) is 12.1 Å². The molecule has 0 saturated heterocycles. The number of aliphatic hydroxyl groups is 1. The quantitative estimate of drug-likeness (QED) is 0.809. The summed E-state index contributed by atoms with van der Waals surface area (Å²) in [5, 5.41) is 14.6. The van der Waals surface area contributed by atoms with E-state index in [9.17, 15) is 5.11 Å². The summed E-state index contributed by atoms with van der Waals surface area (Å²) in [4.78, 5) is 0. The zero-order valence-corrected chi connectivity index (χ0v) is 13.3. The van der Waals surface area contributed by atoms with Crippen molar-refractivity contribution in [3.8, 4) is 5.75 Å². The van der Waals surface area contributed by atoms with Gasteiger partial charge in [-0.3, -0.25) is 0 Å². The van der Waals surface area contributed by atoms with Crippen molar-refractivity contribution < 1.29 is 9.84 Å². The summed E-state index contributed by atoms with van der Waals surface area (Å²) in [5.74, 6) is 0.492. The Morgan fingerprint density at radius 3 is 2.33 bits per heavy atom. The summed E-state index contributed by atoms with van der Waals surface area (Å²) in [5.41, 5.74) is 0.878. The van der Waals surface area contributed by atoms with Crippen LogP contribution in [0.5, 0.6) is 5.75 Å². The number of hydrogen-bond acceptors (Lipinski definition) is 3. The number of nitrogens with one attached hydrogen (secondary N) is 1. The van der Waals surface area contributed by atoms with Gasteiger partial charge < -0.3 is 15.2 Å². The molecular weight excluding hydrogens is 333 g/mol. The Bertz CT molecular complexity index is 590. The molecule has 0 fully saturated rings. The van der Waals surface area contributed by atoms with Gasteiger partial charge in [0.15, 0.2) is 0 Å². The highest BCUT2D eigenvalue weighted by molar-refractivity contribution is 6.35. The van der Waals surface area contributed by atoms with Crippen molar-refractivity contribution in [2.75, 3.05) is 18.5 Å². The standard InChI is InChI=1S/C15H14Cl3NO2/c16-10-1-4-12(5-2-10)19-8-13(20)9-21-15-6-3-11(17)7-14(15)18/h1-7,13,19-20H,8-9H2/t13-/m1/s1. The van der Waals surface area contributed by atoms with E-state index in [1.54, 1.807) is 30.3 Å². The van der Waals surface area contributed by atoms with E-state index in [0.717, 1.165) is 5.69 Å². The number of rotatable bonds is 6. The summed E-state index contributed by atoms with van der Waals surface area (Å²) in [6.45, 7) is 0.481. The van der Waals surface area contributed by atoms with Crippen molar-refractivity contribution in [3.63, 3.8) is 0 Å². The maximum absolute atomic E-state index is 9.89. The average Bonchev–Trinajstić information content (AvgIpc) is 2.46. The maximum atomic E-state index is 9.89. The zero-order valence-electron chi connectivity index (χ0n) is 11.0. The zero-order chi connectivity index (χ0) is 15.2. The first-order valence-electron chi connectivity index (χ1n) is 6.30. The first kappa shape index (κ1) is 16.2. The van der Waals surface area contributed by atoms with Crippen LogP contribution in [0, 0.1) is 0 Å². The first-order chi connectivity index (χ1) is 10.0. The van der Waals surface area contributed by atoms with E-state index >= 15 is 0 Å². The van der Waals surface area contributed by atoms with Crippen LogP contribution in [0.2, 0.25) is 15.1 Å². The molecule has 0 amide bonds. The molecule has 21 heavy (non-hydrogen) atoms. The molecule has 0 radical (unpaired) electrons. The summed E-state index contributed by atoms with van der Waals surface area (Å²) in [7, 11) is 0. The Labute approximate surface area is 138 Å². The van der Waals surface area contributed by atoms with Gasteiger partial charge in [-0.1, -0.05) is 34.8 Å². The molecule has 0 aliphatic rings. The molecule has 2 aromatic rings. The van der Waals surface area contributed by atoms with E-state index in [-0.39, 0.29) is 6.61 Å². The lowest BCUT2D eigenvalue weighted by molar-refractivity contribution is 0.117. The summed E-state index contributed by atoms with van der Waals surface area (Å²) in [6, 6.07) is 12.2. The van der Waals surface area contributed by atoms with E-state index < -0.39 is 6.10 Å². The predicted octanol–water partition coefficient (Wildman–Crippen LogP) is 4.50.